The molecule has 0 N–H and O–H groups in total. The number of halogens is 3. The molecule has 20 heavy (non-hydrogen) atoms. The standard InChI is InChI=1S/C16H11Cl2FO/c17-10-2-3-12-6-8-14(9-7-12)20-11-13-4-1-5-15(18)16(13)19/h1,4-9H,10-11H2. The Hall–Kier alpha value is -1.69. The van der Waals surface area contributed by atoms with Gasteiger partial charge in [-0.2, -0.15) is 0 Å². The molecular formula is C16H11Cl2FO. The van der Waals surface area contributed by atoms with E-state index in [-0.39, 0.29) is 11.6 Å². The topological polar surface area (TPSA) is 9.23 Å². The van der Waals surface area contributed by atoms with Crippen molar-refractivity contribution in [3.05, 3.63) is 64.4 Å². The Morgan fingerprint density at radius 2 is 1.85 bits per heavy atom. The number of rotatable bonds is 3. The monoisotopic (exact) mass is 308 g/mol. The Kier molecular flexibility index (Phi) is 5.29. The molecule has 0 saturated carbocycles. The maximum Gasteiger partial charge on any atom is 0.148 e. The molecule has 0 amide bonds. The molecule has 0 spiro atoms. The van der Waals surface area contributed by atoms with Crippen LogP contribution in [0.3, 0.4) is 0 Å². The maximum absolute atomic E-state index is 13.7. The van der Waals surface area contributed by atoms with Gasteiger partial charge in [0.05, 0.1) is 10.9 Å². The largest absolute Gasteiger partial charge is 0.489 e. The zero-order chi connectivity index (χ0) is 14.4. The zero-order valence-corrected chi connectivity index (χ0v) is 12.0. The molecule has 0 heterocycles. The summed E-state index contributed by atoms with van der Waals surface area (Å²) in [6, 6.07) is 12.0. The van der Waals surface area contributed by atoms with Gasteiger partial charge < -0.3 is 4.74 Å². The fourth-order valence-electron chi connectivity index (χ4n) is 1.59. The Morgan fingerprint density at radius 1 is 1.10 bits per heavy atom. The summed E-state index contributed by atoms with van der Waals surface area (Å²) in [4.78, 5) is 0. The molecule has 0 fully saturated rings. The second kappa shape index (κ2) is 7.19. The van der Waals surface area contributed by atoms with Gasteiger partial charge in [-0.3, -0.25) is 0 Å². The Bertz CT molecular complexity index is 642. The lowest BCUT2D eigenvalue weighted by atomic mass is 10.2. The quantitative estimate of drug-likeness (QED) is 0.592. The van der Waals surface area contributed by atoms with E-state index in [1.54, 1.807) is 24.3 Å². The fourth-order valence-corrected chi connectivity index (χ4v) is 1.85. The summed E-state index contributed by atoms with van der Waals surface area (Å²) >= 11 is 11.2. The lowest BCUT2D eigenvalue weighted by molar-refractivity contribution is 0.300. The van der Waals surface area contributed by atoms with Gasteiger partial charge in [0.15, 0.2) is 0 Å². The van der Waals surface area contributed by atoms with Gasteiger partial charge in [-0.1, -0.05) is 35.6 Å². The SMILES string of the molecule is Fc1c(Cl)cccc1COc1ccc(C#CCCl)cc1. The predicted molar refractivity (Wildman–Crippen MR) is 79.8 cm³/mol. The van der Waals surface area contributed by atoms with Crippen molar-refractivity contribution in [3.63, 3.8) is 0 Å². The molecule has 0 aliphatic heterocycles. The van der Waals surface area contributed by atoms with Crippen molar-refractivity contribution in [2.75, 3.05) is 5.88 Å². The Morgan fingerprint density at radius 3 is 2.55 bits per heavy atom. The number of hydrogen-bond donors (Lipinski definition) is 0. The molecular weight excluding hydrogens is 298 g/mol. The van der Waals surface area contributed by atoms with Crippen LogP contribution in [-0.4, -0.2) is 5.88 Å². The van der Waals surface area contributed by atoms with E-state index in [1.807, 2.05) is 12.1 Å². The van der Waals surface area contributed by atoms with Crippen molar-refractivity contribution < 1.29 is 9.13 Å². The molecule has 0 aliphatic carbocycles. The second-order valence-electron chi connectivity index (χ2n) is 3.96. The van der Waals surface area contributed by atoms with Crippen LogP contribution in [0.2, 0.25) is 5.02 Å². The third kappa shape index (κ3) is 3.90. The first-order chi connectivity index (χ1) is 9.70. The highest BCUT2D eigenvalue weighted by Gasteiger charge is 2.06. The summed E-state index contributed by atoms with van der Waals surface area (Å²) < 4.78 is 19.2. The van der Waals surface area contributed by atoms with Gasteiger partial charge in [0, 0.05) is 11.1 Å². The van der Waals surface area contributed by atoms with Gasteiger partial charge in [0.25, 0.3) is 0 Å². The van der Waals surface area contributed by atoms with E-state index >= 15 is 0 Å². The molecule has 2 aromatic rings. The van der Waals surface area contributed by atoms with Crippen molar-refractivity contribution in [1.82, 2.24) is 0 Å². The van der Waals surface area contributed by atoms with Crippen molar-refractivity contribution in [1.29, 1.82) is 0 Å². The van der Waals surface area contributed by atoms with Crippen LogP contribution in [0.5, 0.6) is 5.75 Å². The summed E-state index contributed by atoms with van der Waals surface area (Å²) in [5, 5.41) is 0.0952. The van der Waals surface area contributed by atoms with E-state index in [1.165, 1.54) is 6.07 Å². The van der Waals surface area contributed by atoms with Crippen molar-refractivity contribution in [3.8, 4) is 17.6 Å². The van der Waals surface area contributed by atoms with E-state index < -0.39 is 5.82 Å². The highest BCUT2D eigenvalue weighted by Crippen LogP contribution is 2.20. The minimum absolute atomic E-state index is 0.0952. The zero-order valence-electron chi connectivity index (χ0n) is 10.5. The van der Waals surface area contributed by atoms with Crippen molar-refractivity contribution in [2.24, 2.45) is 0 Å². The molecule has 0 bridgehead atoms. The predicted octanol–water partition coefficient (Wildman–Crippen LogP) is 4.65. The molecule has 4 heteroatoms. The molecule has 0 aliphatic rings. The number of benzene rings is 2. The van der Waals surface area contributed by atoms with Crippen LogP contribution >= 0.6 is 23.2 Å². The van der Waals surface area contributed by atoms with Gasteiger partial charge in [0.1, 0.15) is 18.2 Å². The summed E-state index contributed by atoms with van der Waals surface area (Å²) in [6.45, 7) is 0.124. The van der Waals surface area contributed by atoms with Crippen LogP contribution in [0.15, 0.2) is 42.5 Å². The molecule has 0 aromatic heterocycles. The molecule has 0 saturated heterocycles. The molecule has 2 rings (SSSR count). The Balaban J connectivity index is 2.02. The first kappa shape index (κ1) is 14.7. The molecule has 2 aromatic carbocycles. The Labute approximate surface area is 127 Å². The van der Waals surface area contributed by atoms with Crippen molar-refractivity contribution >= 4 is 23.2 Å². The summed E-state index contributed by atoms with van der Waals surface area (Å²) in [7, 11) is 0. The van der Waals surface area contributed by atoms with Gasteiger partial charge in [-0.15, -0.1) is 11.6 Å². The molecule has 0 atom stereocenters. The molecule has 1 nitrogen and oxygen atoms in total. The van der Waals surface area contributed by atoms with E-state index in [4.69, 9.17) is 27.9 Å². The van der Waals surface area contributed by atoms with Crippen LogP contribution in [-0.2, 0) is 6.61 Å². The van der Waals surface area contributed by atoms with Crippen LogP contribution in [0.1, 0.15) is 11.1 Å². The second-order valence-corrected chi connectivity index (χ2v) is 4.64. The van der Waals surface area contributed by atoms with Crippen LogP contribution in [0.4, 0.5) is 4.39 Å². The highest BCUT2D eigenvalue weighted by molar-refractivity contribution is 6.30. The van der Waals surface area contributed by atoms with Gasteiger partial charge in [-0.25, -0.2) is 4.39 Å². The van der Waals surface area contributed by atoms with Gasteiger partial charge in [0.2, 0.25) is 0 Å². The minimum atomic E-state index is -0.446. The van der Waals surface area contributed by atoms with Crippen molar-refractivity contribution in [2.45, 2.75) is 6.61 Å². The van der Waals surface area contributed by atoms with E-state index in [0.717, 1.165) is 5.56 Å². The number of alkyl halides is 1. The number of ether oxygens (including phenoxy) is 1. The lowest BCUT2D eigenvalue weighted by Gasteiger charge is -2.07. The number of hydrogen-bond acceptors (Lipinski definition) is 1. The average molecular weight is 309 g/mol. The van der Waals surface area contributed by atoms with Crippen LogP contribution in [0.25, 0.3) is 0 Å². The van der Waals surface area contributed by atoms with E-state index in [2.05, 4.69) is 11.8 Å². The van der Waals surface area contributed by atoms with E-state index in [0.29, 0.717) is 17.2 Å². The van der Waals surface area contributed by atoms with Gasteiger partial charge >= 0.3 is 0 Å². The van der Waals surface area contributed by atoms with Crippen LogP contribution in [0, 0.1) is 17.7 Å². The summed E-state index contributed by atoms with van der Waals surface area (Å²) in [6.07, 6.45) is 0. The third-order valence-corrected chi connectivity index (χ3v) is 3.01. The summed E-state index contributed by atoms with van der Waals surface area (Å²) in [5.41, 5.74) is 1.27. The molecule has 0 unspecified atom stereocenters. The van der Waals surface area contributed by atoms with Crippen LogP contribution < -0.4 is 4.74 Å². The average Bonchev–Trinajstić information content (AvgIpc) is 2.48. The van der Waals surface area contributed by atoms with E-state index in [9.17, 15) is 4.39 Å². The lowest BCUT2D eigenvalue weighted by Crippen LogP contribution is -1.98. The fraction of sp³-hybridized carbons (Fsp3) is 0.125. The summed E-state index contributed by atoms with van der Waals surface area (Å²) in [5.74, 6) is 6.15. The highest BCUT2D eigenvalue weighted by atomic mass is 35.5. The van der Waals surface area contributed by atoms with Gasteiger partial charge in [-0.05, 0) is 30.3 Å². The first-order valence-corrected chi connectivity index (χ1v) is 6.82. The normalized spacial score (nSPS) is 9.75. The third-order valence-electron chi connectivity index (χ3n) is 2.58. The molecule has 0 radical (unpaired) electrons. The molecule has 102 valence electrons. The minimum Gasteiger partial charge on any atom is -0.489 e. The smallest absolute Gasteiger partial charge is 0.148 e. The maximum atomic E-state index is 13.7. The first-order valence-electron chi connectivity index (χ1n) is 5.91.